The Morgan fingerprint density at radius 3 is 1.71 bits per heavy atom. The highest BCUT2D eigenvalue weighted by atomic mass is 16.3. The number of carbonyl (C=O) groups is 1. The Balaban J connectivity index is 0.000000774. The van der Waals surface area contributed by atoms with Gasteiger partial charge >= 0.3 is 0 Å². The van der Waals surface area contributed by atoms with E-state index in [1.807, 2.05) is 67.5 Å². The fourth-order valence-electron chi connectivity index (χ4n) is 2.31. The summed E-state index contributed by atoms with van der Waals surface area (Å²) in [6, 6.07) is 25.7. The zero-order chi connectivity index (χ0) is 15.1. The Hall–Kier alpha value is -2.87. The molecule has 1 N–H and O–H groups in total. The molecule has 3 aromatic carbocycles. The molecule has 3 aromatic rings. The second-order valence-corrected chi connectivity index (χ2v) is 4.43. The summed E-state index contributed by atoms with van der Waals surface area (Å²) in [6.45, 7) is 2.00. The minimum Gasteiger partial charge on any atom is -0.507 e. The number of benzene rings is 3. The van der Waals surface area contributed by atoms with Crippen LogP contribution in [-0.2, 0) is 4.79 Å². The molecule has 0 heterocycles. The highest BCUT2D eigenvalue weighted by molar-refractivity contribution is 5.87. The maximum atomic E-state index is 10.2. The lowest BCUT2D eigenvalue weighted by Crippen LogP contribution is -1.85. The van der Waals surface area contributed by atoms with Crippen LogP contribution in [0.25, 0.3) is 22.3 Å². The lowest BCUT2D eigenvalue weighted by Gasteiger charge is -2.12. The molecule has 0 aliphatic heterocycles. The van der Waals surface area contributed by atoms with Crippen LogP contribution >= 0.6 is 0 Å². The Kier molecular flexibility index (Phi) is 4.89. The number of phenols is 1. The van der Waals surface area contributed by atoms with Crippen LogP contribution < -0.4 is 0 Å². The fraction of sp³-hybridized carbons (Fsp3) is 0. The Morgan fingerprint density at radius 2 is 1.14 bits per heavy atom. The van der Waals surface area contributed by atoms with Gasteiger partial charge in [0.15, 0.2) is 0 Å². The zero-order valence-electron chi connectivity index (χ0n) is 11.6. The first kappa shape index (κ1) is 14.5. The molecule has 104 valence electrons. The smallest absolute Gasteiger partial charge is 0.124 e. The summed E-state index contributed by atoms with van der Waals surface area (Å²) in [5.41, 5.74) is 4.07. The molecular formula is C19H16O2. The molecule has 0 radical (unpaired) electrons. The molecule has 0 aliphatic rings. The average molecular weight is 276 g/mol. The monoisotopic (exact) mass is 276 g/mol. The molecule has 0 saturated heterocycles. The van der Waals surface area contributed by atoms with Gasteiger partial charge in [-0.1, -0.05) is 72.8 Å². The fourth-order valence-corrected chi connectivity index (χ4v) is 2.31. The van der Waals surface area contributed by atoms with Gasteiger partial charge in [-0.2, -0.15) is 0 Å². The van der Waals surface area contributed by atoms with Crippen LogP contribution in [0.15, 0.2) is 78.9 Å². The normalized spacial score (nSPS) is 9.52. The van der Waals surface area contributed by atoms with Crippen molar-refractivity contribution in [3.05, 3.63) is 78.9 Å². The van der Waals surface area contributed by atoms with Crippen molar-refractivity contribution in [3.8, 4) is 28.0 Å². The van der Waals surface area contributed by atoms with Gasteiger partial charge in [0.25, 0.3) is 0 Å². The molecule has 0 amide bonds. The second-order valence-electron chi connectivity index (χ2n) is 4.43. The van der Waals surface area contributed by atoms with Gasteiger partial charge < -0.3 is 9.90 Å². The van der Waals surface area contributed by atoms with E-state index in [0.717, 1.165) is 22.3 Å². The van der Waals surface area contributed by atoms with Gasteiger partial charge in [-0.3, -0.25) is 0 Å². The maximum Gasteiger partial charge on any atom is 0.124 e. The van der Waals surface area contributed by atoms with Gasteiger partial charge in [-0.05, 0) is 22.8 Å². The third-order valence-corrected chi connectivity index (χ3v) is 3.19. The Labute approximate surface area is 124 Å². The van der Waals surface area contributed by atoms with Crippen LogP contribution in [0.4, 0.5) is 0 Å². The van der Waals surface area contributed by atoms with E-state index in [-0.39, 0.29) is 0 Å². The van der Waals surface area contributed by atoms with Crippen molar-refractivity contribution in [2.24, 2.45) is 0 Å². The highest BCUT2D eigenvalue weighted by Gasteiger charge is 2.10. The third kappa shape index (κ3) is 3.18. The van der Waals surface area contributed by atoms with Crippen molar-refractivity contribution >= 4 is 6.79 Å². The highest BCUT2D eigenvalue weighted by Crippen LogP contribution is 2.38. The number of rotatable bonds is 2. The largest absolute Gasteiger partial charge is 0.507 e. The van der Waals surface area contributed by atoms with Crippen molar-refractivity contribution in [1.29, 1.82) is 0 Å². The van der Waals surface area contributed by atoms with Crippen molar-refractivity contribution in [2.75, 3.05) is 0 Å². The SMILES string of the molecule is C=O.Oc1cccc(-c2ccccc2)c1-c1ccccc1. The molecule has 0 atom stereocenters. The summed E-state index contributed by atoms with van der Waals surface area (Å²) < 4.78 is 0. The molecule has 21 heavy (non-hydrogen) atoms. The summed E-state index contributed by atoms with van der Waals surface area (Å²) in [5.74, 6) is 0.313. The van der Waals surface area contributed by atoms with Gasteiger partial charge in [0.2, 0.25) is 0 Å². The molecule has 2 nitrogen and oxygen atoms in total. The van der Waals surface area contributed by atoms with E-state index >= 15 is 0 Å². The van der Waals surface area contributed by atoms with Crippen molar-refractivity contribution in [1.82, 2.24) is 0 Å². The van der Waals surface area contributed by atoms with E-state index in [9.17, 15) is 5.11 Å². The molecule has 0 aliphatic carbocycles. The van der Waals surface area contributed by atoms with E-state index in [0.29, 0.717) is 5.75 Å². The first-order valence-electron chi connectivity index (χ1n) is 6.58. The molecule has 0 bridgehead atoms. The number of hydrogen-bond acceptors (Lipinski definition) is 2. The minimum atomic E-state index is 0.313. The Morgan fingerprint density at radius 1 is 0.619 bits per heavy atom. The molecule has 0 fully saturated rings. The summed E-state index contributed by atoms with van der Waals surface area (Å²) in [7, 11) is 0. The Bertz CT molecular complexity index is 691. The molecule has 0 aromatic heterocycles. The zero-order valence-corrected chi connectivity index (χ0v) is 11.6. The summed E-state index contributed by atoms with van der Waals surface area (Å²) in [4.78, 5) is 8.00. The molecule has 0 saturated carbocycles. The molecule has 3 rings (SSSR count). The van der Waals surface area contributed by atoms with Crippen LogP contribution in [0.5, 0.6) is 5.75 Å². The van der Waals surface area contributed by atoms with Crippen LogP contribution in [0, 0.1) is 0 Å². The van der Waals surface area contributed by atoms with Crippen LogP contribution in [-0.4, -0.2) is 11.9 Å². The number of phenolic OH excluding ortho intramolecular Hbond substituents is 1. The number of carbonyl (C=O) groups excluding carboxylic acids is 1. The summed E-state index contributed by atoms with van der Waals surface area (Å²) >= 11 is 0. The van der Waals surface area contributed by atoms with E-state index in [2.05, 4.69) is 12.1 Å². The predicted molar refractivity (Wildman–Crippen MR) is 86.1 cm³/mol. The standard InChI is InChI=1S/C18H14O.CH2O/c19-17-13-7-12-16(14-8-3-1-4-9-14)18(17)15-10-5-2-6-11-15;1-2/h1-13,19H;1H2. The molecule has 2 heteroatoms. The lowest BCUT2D eigenvalue weighted by atomic mass is 9.94. The predicted octanol–water partition coefficient (Wildman–Crippen LogP) is 4.54. The van der Waals surface area contributed by atoms with Gasteiger partial charge in [0.05, 0.1) is 0 Å². The van der Waals surface area contributed by atoms with Crippen molar-refractivity contribution in [3.63, 3.8) is 0 Å². The van der Waals surface area contributed by atoms with Crippen LogP contribution in [0.2, 0.25) is 0 Å². The van der Waals surface area contributed by atoms with Gasteiger partial charge in [0.1, 0.15) is 12.5 Å². The van der Waals surface area contributed by atoms with E-state index in [1.54, 1.807) is 6.07 Å². The van der Waals surface area contributed by atoms with E-state index in [4.69, 9.17) is 4.79 Å². The van der Waals surface area contributed by atoms with E-state index < -0.39 is 0 Å². The molecule has 0 unspecified atom stereocenters. The van der Waals surface area contributed by atoms with Crippen molar-refractivity contribution in [2.45, 2.75) is 0 Å². The van der Waals surface area contributed by atoms with Gasteiger partial charge in [-0.15, -0.1) is 0 Å². The van der Waals surface area contributed by atoms with Gasteiger partial charge in [0, 0.05) is 5.56 Å². The average Bonchev–Trinajstić information content (AvgIpc) is 2.58. The first-order chi connectivity index (χ1) is 10.4. The van der Waals surface area contributed by atoms with Crippen LogP contribution in [0.3, 0.4) is 0 Å². The quantitative estimate of drug-likeness (QED) is 0.746. The maximum absolute atomic E-state index is 10.2. The molecular weight excluding hydrogens is 260 g/mol. The van der Waals surface area contributed by atoms with Crippen LogP contribution in [0.1, 0.15) is 0 Å². The first-order valence-corrected chi connectivity index (χ1v) is 6.58. The van der Waals surface area contributed by atoms with Gasteiger partial charge in [-0.25, -0.2) is 0 Å². The third-order valence-electron chi connectivity index (χ3n) is 3.19. The topological polar surface area (TPSA) is 37.3 Å². The number of aromatic hydroxyl groups is 1. The molecule has 0 spiro atoms. The summed E-state index contributed by atoms with van der Waals surface area (Å²) in [5, 5.41) is 10.2. The lowest BCUT2D eigenvalue weighted by molar-refractivity contribution is -0.0979. The minimum absolute atomic E-state index is 0.313. The summed E-state index contributed by atoms with van der Waals surface area (Å²) in [6.07, 6.45) is 0. The van der Waals surface area contributed by atoms with E-state index in [1.165, 1.54) is 0 Å². The second kappa shape index (κ2) is 7.06. The van der Waals surface area contributed by atoms with Crippen molar-refractivity contribution < 1.29 is 9.90 Å². The number of hydrogen-bond donors (Lipinski definition) is 1.